The molecule has 1 aromatic rings. The molecule has 5 nitrogen and oxygen atoms in total. The number of piperidine rings is 1. The van der Waals surface area contributed by atoms with E-state index in [1.807, 2.05) is 4.90 Å². The summed E-state index contributed by atoms with van der Waals surface area (Å²) in [5.74, 6) is -0.273. The third-order valence-electron chi connectivity index (χ3n) is 4.62. The summed E-state index contributed by atoms with van der Waals surface area (Å²) in [4.78, 5) is 14.7. The lowest BCUT2D eigenvalue weighted by molar-refractivity contribution is -0.137. The molecule has 2 unspecified atom stereocenters. The molecule has 0 bridgehead atoms. The van der Waals surface area contributed by atoms with Crippen molar-refractivity contribution in [3.8, 4) is 0 Å². The van der Waals surface area contributed by atoms with E-state index in [2.05, 4.69) is 10.9 Å². The van der Waals surface area contributed by atoms with Crippen molar-refractivity contribution in [3.05, 3.63) is 35.6 Å². The highest BCUT2D eigenvalue weighted by molar-refractivity contribution is 5.80. The molecule has 6 heteroatoms. The van der Waals surface area contributed by atoms with Crippen LogP contribution in [-0.4, -0.2) is 43.7 Å². The van der Waals surface area contributed by atoms with Gasteiger partial charge < -0.3 is 9.64 Å². The molecule has 2 N–H and O–H groups in total. The molecule has 2 aliphatic heterocycles. The lowest BCUT2D eigenvalue weighted by atomic mass is 9.93. The number of carbonyl (C=O) groups excluding carboxylic acids is 1. The molecule has 2 atom stereocenters. The van der Waals surface area contributed by atoms with E-state index in [9.17, 15) is 9.18 Å². The van der Waals surface area contributed by atoms with Crippen molar-refractivity contribution < 1.29 is 13.9 Å². The normalized spacial score (nSPS) is 26.4. The Balaban J connectivity index is 1.67. The predicted octanol–water partition coefficient (Wildman–Crippen LogP) is 1.23. The fourth-order valence-corrected chi connectivity index (χ4v) is 3.26. The molecule has 3 rings (SSSR count). The number of hydrazine groups is 1. The summed E-state index contributed by atoms with van der Waals surface area (Å²) < 4.78 is 18.4. The second-order valence-corrected chi connectivity index (χ2v) is 5.92. The van der Waals surface area contributed by atoms with Crippen LogP contribution in [0.1, 0.15) is 24.4 Å². The minimum absolute atomic E-state index is 0.117. The predicted molar refractivity (Wildman–Crippen MR) is 80.4 cm³/mol. The Hall–Kier alpha value is -1.50. The molecule has 2 heterocycles. The topological polar surface area (TPSA) is 53.6 Å². The van der Waals surface area contributed by atoms with Gasteiger partial charge in [0, 0.05) is 26.7 Å². The summed E-state index contributed by atoms with van der Waals surface area (Å²) >= 11 is 0. The monoisotopic (exact) mass is 307 g/mol. The molecule has 22 heavy (non-hydrogen) atoms. The fourth-order valence-electron chi connectivity index (χ4n) is 3.26. The largest absolute Gasteiger partial charge is 0.381 e. The molecule has 1 aromatic carbocycles. The Morgan fingerprint density at radius 3 is 2.59 bits per heavy atom. The lowest BCUT2D eigenvalue weighted by Crippen LogP contribution is -2.45. The van der Waals surface area contributed by atoms with Crippen LogP contribution in [0.4, 0.5) is 4.39 Å². The first kappa shape index (κ1) is 15.4. The van der Waals surface area contributed by atoms with Gasteiger partial charge in [0.1, 0.15) is 5.82 Å². The molecule has 2 fully saturated rings. The first-order chi connectivity index (χ1) is 10.7. The molecule has 2 aliphatic rings. The van der Waals surface area contributed by atoms with Gasteiger partial charge in [0.05, 0.1) is 18.1 Å². The number of rotatable bonds is 3. The van der Waals surface area contributed by atoms with Crippen LogP contribution in [0.5, 0.6) is 0 Å². The zero-order chi connectivity index (χ0) is 15.5. The van der Waals surface area contributed by atoms with Crippen LogP contribution < -0.4 is 10.9 Å². The van der Waals surface area contributed by atoms with Gasteiger partial charge in [-0.15, -0.1) is 0 Å². The van der Waals surface area contributed by atoms with E-state index in [-0.39, 0.29) is 29.8 Å². The first-order valence-electron chi connectivity index (χ1n) is 7.74. The standard InChI is InChI=1S/C16H22FN3O2/c1-22-13-6-8-20(9-7-13)16(21)14-10-18-19-15(14)11-2-4-12(17)5-3-11/h2-5,13-15,18-19H,6-10H2,1H3. The van der Waals surface area contributed by atoms with Gasteiger partial charge in [-0.05, 0) is 30.5 Å². The molecule has 0 spiro atoms. The van der Waals surface area contributed by atoms with Gasteiger partial charge >= 0.3 is 0 Å². The van der Waals surface area contributed by atoms with Crippen molar-refractivity contribution in [2.24, 2.45) is 5.92 Å². The van der Waals surface area contributed by atoms with Gasteiger partial charge in [0.25, 0.3) is 0 Å². The van der Waals surface area contributed by atoms with Crippen molar-refractivity contribution >= 4 is 5.91 Å². The molecule has 0 saturated carbocycles. The maximum absolute atomic E-state index is 13.1. The van der Waals surface area contributed by atoms with Crippen LogP contribution in [0.3, 0.4) is 0 Å². The molecular weight excluding hydrogens is 285 g/mol. The lowest BCUT2D eigenvalue weighted by Gasteiger charge is -2.33. The van der Waals surface area contributed by atoms with E-state index in [0.717, 1.165) is 31.5 Å². The SMILES string of the molecule is COC1CCN(C(=O)C2CNNC2c2ccc(F)cc2)CC1. The van der Waals surface area contributed by atoms with Crippen LogP contribution in [-0.2, 0) is 9.53 Å². The number of amides is 1. The van der Waals surface area contributed by atoms with Gasteiger partial charge in [-0.1, -0.05) is 12.1 Å². The molecule has 0 aliphatic carbocycles. The van der Waals surface area contributed by atoms with Crippen LogP contribution >= 0.6 is 0 Å². The number of nitrogens with zero attached hydrogens (tertiary/aromatic N) is 1. The van der Waals surface area contributed by atoms with E-state index in [1.54, 1.807) is 19.2 Å². The third-order valence-corrected chi connectivity index (χ3v) is 4.62. The Labute approximate surface area is 129 Å². The maximum atomic E-state index is 13.1. The highest BCUT2D eigenvalue weighted by Gasteiger charge is 2.37. The zero-order valence-corrected chi connectivity index (χ0v) is 12.7. The minimum Gasteiger partial charge on any atom is -0.381 e. The number of hydrogen-bond acceptors (Lipinski definition) is 4. The average Bonchev–Trinajstić information content (AvgIpc) is 3.04. The van der Waals surface area contributed by atoms with Crippen LogP contribution in [0.2, 0.25) is 0 Å². The summed E-state index contributed by atoms with van der Waals surface area (Å²) in [5.41, 5.74) is 7.12. The van der Waals surface area contributed by atoms with Crippen molar-refractivity contribution in [1.29, 1.82) is 0 Å². The van der Waals surface area contributed by atoms with Crippen molar-refractivity contribution in [3.63, 3.8) is 0 Å². The fraction of sp³-hybridized carbons (Fsp3) is 0.562. The number of nitrogens with one attached hydrogen (secondary N) is 2. The zero-order valence-electron chi connectivity index (χ0n) is 12.7. The third kappa shape index (κ3) is 3.14. The van der Waals surface area contributed by atoms with E-state index in [1.165, 1.54) is 12.1 Å². The molecule has 120 valence electrons. The number of halogens is 1. The number of hydrogen-bond donors (Lipinski definition) is 2. The van der Waals surface area contributed by atoms with Gasteiger partial charge in [-0.2, -0.15) is 0 Å². The second kappa shape index (κ2) is 6.73. The Kier molecular flexibility index (Phi) is 4.71. The molecular formula is C16H22FN3O2. The molecule has 1 amide bonds. The number of methoxy groups -OCH3 is 1. The number of benzene rings is 1. The average molecular weight is 307 g/mol. The quantitative estimate of drug-likeness (QED) is 0.882. The van der Waals surface area contributed by atoms with Gasteiger partial charge in [0.15, 0.2) is 0 Å². The van der Waals surface area contributed by atoms with Gasteiger partial charge in [-0.25, -0.2) is 9.82 Å². The summed E-state index contributed by atoms with van der Waals surface area (Å²) in [6.45, 7) is 2.07. The molecule has 0 radical (unpaired) electrons. The summed E-state index contributed by atoms with van der Waals surface area (Å²) in [5, 5.41) is 0. The van der Waals surface area contributed by atoms with E-state index < -0.39 is 0 Å². The number of likely N-dealkylation sites (tertiary alicyclic amines) is 1. The Morgan fingerprint density at radius 1 is 1.27 bits per heavy atom. The van der Waals surface area contributed by atoms with Crippen molar-refractivity contribution in [2.45, 2.75) is 25.0 Å². The molecule has 2 saturated heterocycles. The van der Waals surface area contributed by atoms with E-state index >= 15 is 0 Å². The van der Waals surface area contributed by atoms with E-state index in [4.69, 9.17) is 4.74 Å². The second-order valence-electron chi connectivity index (χ2n) is 5.92. The van der Waals surface area contributed by atoms with E-state index in [0.29, 0.717) is 6.54 Å². The molecule has 0 aromatic heterocycles. The number of ether oxygens (including phenoxy) is 1. The summed E-state index contributed by atoms with van der Waals surface area (Å²) in [6, 6.07) is 6.21. The number of carbonyl (C=O) groups is 1. The van der Waals surface area contributed by atoms with Gasteiger partial charge in [0.2, 0.25) is 5.91 Å². The minimum atomic E-state index is -0.265. The summed E-state index contributed by atoms with van der Waals surface area (Å²) in [6.07, 6.45) is 2.03. The van der Waals surface area contributed by atoms with Crippen LogP contribution in [0, 0.1) is 11.7 Å². The maximum Gasteiger partial charge on any atom is 0.229 e. The Morgan fingerprint density at radius 2 is 1.95 bits per heavy atom. The van der Waals surface area contributed by atoms with Crippen LogP contribution in [0.15, 0.2) is 24.3 Å². The van der Waals surface area contributed by atoms with Crippen molar-refractivity contribution in [2.75, 3.05) is 26.7 Å². The Bertz CT molecular complexity index is 515. The van der Waals surface area contributed by atoms with Crippen molar-refractivity contribution in [1.82, 2.24) is 15.8 Å². The summed E-state index contributed by atoms with van der Waals surface area (Å²) in [7, 11) is 1.72. The highest BCUT2D eigenvalue weighted by atomic mass is 19.1. The highest BCUT2D eigenvalue weighted by Crippen LogP contribution is 2.28. The first-order valence-corrected chi connectivity index (χ1v) is 7.74. The van der Waals surface area contributed by atoms with Gasteiger partial charge in [-0.3, -0.25) is 10.2 Å². The smallest absolute Gasteiger partial charge is 0.229 e. The van der Waals surface area contributed by atoms with Crippen LogP contribution in [0.25, 0.3) is 0 Å².